The van der Waals surface area contributed by atoms with Gasteiger partial charge in [-0.2, -0.15) is 0 Å². The monoisotopic (exact) mass is 265 g/mol. The highest BCUT2D eigenvalue weighted by Gasteiger charge is 2.24. The van der Waals surface area contributed by atoms with E-state index in [0.717, 1.165) is 42.0 Å². The summed E-state index contributed by atoms with van der Waals surface area (Å²) in [5, 5.41) is 0. The van der Waals surface area contributed by atoms with Gasteiger partial charge in [-0.15, -0.1) is 0 Å². The first-order valence-electron chi connectivity index (χ1n) is 6.93. The van der Waals surface area contributed by atoms with Gasteiger partial charge in [-0.3, -0.25) is 4.57 Å². The highest BCUT2D eigenvalue weighted by atomic mass is 16.5. The lowest BCUT2D eigenvalue weighted by Gasteiger charge is -2.15. The van der Waals surface area contributed by atoms with Crippen molar-refractivity contribution in [3.8, 4) is 11.4 Å². The van der Waals surface area contributed by atoms with Crippen LogP contribution in [0.5, 0.6) is 0 Å². The second-order valence-electron chi connectivity index (χ2n) is 4.99. The molecule has 0 saturated carbocycles. The second-order valence-corrected chi connectivity index (χ2v) is 4.99. The normalized spacial score (nSPS) is 18.7. The number of hydrogen-bond acceptors (Lipinski definition) is 3. The molecule has 1 fully saturated rings. The number of fused-ring (bicyclic) bond motifs is 1. The van der Waals surface area contributed by atoms with Crippen molar-refractivity contribution in [3.05, 3.63) is 48.7 Å². The SMILES string of the molecule is c1ccc(-c2nc3cccnc3n2C2CCCO2)cc1. The second kappa shape index (κ2) is 4.72. The molecule has 3 aromatic rings. The number of pyridine rings is 1. The zero-order valence-electron chi connectivity index (χ0n) is 11.1. The molecule has 1 aliphatic rings. The van der Waals surface area contributed by atoms with Crippen LogP contribution in [0.4, 0.5) is 0 Å². The molecule has 2 aromatic heterocycles. The maximum atomic E-state index is 5.85. The van der Waals surface area contributed by atoms with Crippen LogP contribution in [0.3, 0.4) is 0 Å². The molecule has 1 aromatic carbocycles. The predicted octanol–water partition coefficient (Wildman–Crippen LogP) is 3.41. The Hall–Kier alpha value is -2.20. The molecule has 4 nitrogen and oxygen atoms in total. The van der Waals surface area contributed by atoms with Crippen molar-refractivity contribution in [1.29, 1.82) is 0 Å². The van der Waals surface area contributed by atoms with Crippen molar-refractivity contribution in [1.82, 2.24) is 14.5 Å². The van der Waals surface area contributed by atoms with E-state index in [0.29, 0.717) is 0 Å². The number of aromatic nitrogens is 3. The molecule has 3 heterocycles. The number of rotatable bonds is 2. The van der Waals surface area contributed by atoms with Gasteiger partial charge in [0.15, 0.2) is 5.65 Å². The van der Waals surface area contributed by atoms with Crippen molar-refractivity contribution in [2.45, 2.75) is 19.1 Å². The highest BCUT2D eigenvalue weighted by molar-refractivity contribution is 5.77. The summed E-state index contributed by atoms with van der Waals surface area (Å²) in [6, 6.07) is 14.1. The van der Waals surface area contributed by atoms with Crippen molar-refractivity contribution < 1.29 is 4.74 Å². The van der Waals surface area contributed by atoms with Gasteiger partial charge >= 0.3 is 0 Å². The standard InChI is InChI=1S/C16H15N3O/c1-2-6-12(7-3-1)15-18-13-8-4-10-17-16(13)19(15)14-9-5-11-20-14/h1-4,6-8,10,14H,5,9,11H2. The summed E-state index contributed by atoms with van der Waals surface area (Å²) in [5.41, 5.74) is 2.92. The lowest BCUT2D eigenvalue weighted by atomic mass is 10.2. The fourth-order valence-corrected chi connectivity index (χ4v) is 2.76. The van der Waals surface area contributed by atoms with E-state index in [1.807, 2.05) is 36.5 Å². The van der Waals surface area contributed by atoms with Gasteiger partial charge < -0.3 is 4.74 Å². The molecule has 1 unspecified atom stereocenters. The van der Waals surface area contributed by atoms with E-state index in [2.05, 4.69) is 21.7 Å². The number of benzene rings is 1. The Balaban J connectivity index is 1.97. The van der Waals surface area contributed by atoms with Crippen LogP contribution in [-0.4, -0.2) is 21.1 Å². The Morgan fingerprint density at radius 2 is 2.00 bits per heavy atom. The van der Waals surface area contributed by atoms with Gasteiger partial charge in [0.2, 0.25) is 0 Å². The molecule has 1 atom stereocenters. The number of hydrogen-bond donors (Lipinski definition) is 0. The molecular weight excluding hydrogens is 250 g/mol. The Bertz CT molecular complexity index is 730. The van der Waals surface area contributed by atoms with Crippen LogP contribution in [0.25, 0.3) is 22.6 Å². The largest absolute Gasteiger partial charge is 0.358 e. The van der Waals surface area contributed by atoms with Crippen LogP contribution >= 0.6 is 0 Å². The summed E-state index contributed by atoms with van der Waals surface area (Å²) >= 11 is 0. The first kappa shape index (κ1) is 11.6. The van der Waals surface area contributed by atoms with Gasteiger partial charge in [0, 0.05) is 18.4 Å². The third kappa shape index (κ3) is 1.80. The minimum atomic E-state index is 0.0464. The van der Waals surface area contributed by atoms with Crippen molar-refractivity contribution in [2.24, 2.45) is 0 Å². The molecule has 1 aliphatic heterocycles. The van der Waals surface area contributed by atoms with E-state index >= 15 is 0 Å². The molecule has 0 N–H and O–H groups in total. The fraction of sp³-hybridized carbons (Fsp3) is 0.250. The predicted molar refractivity (Wildman–Crippen MR) is 77.2 cm³/mol. The summed E-state index contributed by atoms with van der Waals surface area (Å²) < 4.78 is 7.99. The van der Waals surface area contributed by atoms with Crippen LogP contribution < -0.4 is 0 Å². The Morgan fingerprint density at radius 1 is 1.10 bits per heavy atom. The molecule has 1 saturated heterocycles. The van der Waals surface area contributed by atoms with E-state index in [1.165, 1.54) is 0 Å². The summed E-state index contributed by atoms with van der Waals surface area (Å²) in [4.78, 5) is 9.24. The lowest BCUT2D eigenvalue weighted by molar-refractivity contribution is 0.0606. The van der Waals surface area contributed by atoms with Crippen LogP contribution in [0, 0.1) is 0 Å². The van der Waals surface area contributed by atoms with Gasteiger partial charge in [-0.25, -0.2) is 9.97 Å². The fourth-order valence-electron chi connectivity index (χ4n) is 2.76. The summed E-state index contributed by atoms with van der Waals surface area (Å²) in [6.07, 6.45) is 3.96. The topological polar surface area (TPSA) is 39.9 Å². The molecule has 4 heteroatoms. The van der Waals surface area contributed by atoms with E-state index < -0.39 is 0 Å². The van der Waals surface area contributed by atoms with E-state index in [1.54, 1.807) is 0 Å². The highest BCUT2D eigenvalue weighted by Crippen LogP contribution is 2.32. The van der Waals surface area contributed by atoms with E-state index in [-0.39, 0.29) is 6.23 Å². The van der Waals surface area contributed by atoms with Gasteiger partial charge in [0.05, 0.1) is 0 Å². The number of imidazole rings is 1. The first-order chi connectivity index (χ1) is 9.93. The summed E-state index contributed by atoms with van der Waals surface area (Å²) in [5.74, 6) is 0.936. The number of ether oxygens (including phenoxy) is 1. The molecule has 0 amide bonds. The van der Waals surface area contributed by atoms with Crippen molar-refractivity contribution >= 4 is 11.2 Å². The third-order valence-corrected chi connectivity index (χ3v) is 3.67. The first-order valence-corrected chi connectivity index (χ1v) is 6.93. The molecule has 4 rings (SSSR count). The quantitative estimate of drug-likeness (QED) is 0.713. The molecule has 0 bridgehead atoms. The Kier molecular flexibility index (Phi) is 2.74. The van der Waals surface area contributed by atoms with Crippen LogP contribution in [0.15, 0.2) is 48.7 Å². The average molecular weight is 265 g/mol. The van der Waals surface area contributed by atoms with Gasteiger partial charge in [0.25, 0.3) is 0 Å². The van der Waals surface area contributed by atoms with Crippen molar-refractivity contribution in [3.63, 3.8) is 0 Å². The van der Waals surface area contributed by atoms with Crippen LogP contribution in [0.1, 0.15) is 19.1 Å². The van der Waals surface area contributed by atoms with E-state index in [4.69, 9.17) is 9.72 Å². The van der Waals surface area contributed by atoms with E-state index in [9.17, 15) is 0 Å². The maximum absolute atomic E-state index is 5.85. The minimum Gasteiger partial charge on any atom is -0.358 e. The average Bonchev–Trinajstić information content (AvgIpc) is 3.14. The molecular formula is C16H15N3O. The van der Waals surface area contributed by atoms with Gasteiger partial charge in [-0.1, -0.05) is 30.3 Å². The number of nitrogens with zero attached hydrogens (tertiary/aromatic N) is 3. The summed E-state index contributed by atoms with van der Waals surface area (Å²) in [7, 11) is 0. The van der Waals surface area contributed by atoms with Gasteiger partial charge in [0.1, 0.15) is 17.6 Å². The Labute approximate surface area is 117 Å². The van der Waals surface area contributed by atoms with Crippen LogP contribution in [0.2, 0.25) is 0 Å². The lowest BCUT2D eigenvalue weighted by Crippen LogP contribution is -2.09. The van der Waals surface area contributed by atoms with Crippen molar-refractivity contribution in [2.75, 3.05) is 6.61 Å². The zero-order chi connectivity index (χ0) is 13.4. The molecule has 100 valence electrons. The van der Waals surface area contributed by atoms with Crippen LogP contribution in [-0.2, 0) is 4.74 Å². The minimum absolute atomic E-state index is 0.0464. The Morgan fingerprint density at radius 3 is 2.80 bits per heavy atom. The van der Waals surface area contributed by atoms with Gasteiger partial charge in [-0.05, 0) is 25.0 Å². The summed E-state index contributed by atoms with van der Waals surface area (Å²) in [6.45, 7) is 0.811. The molecule has 20 heavy (non-hydrogen) atoms. The molecule has 0 spiro atoms. The third-order valence-electron chi connectivity index (χ3n) is 3.67. The zero-order valence-corrected chi connectivity index (χ0v) is 11.1. The molecule has 0 aliphatic carbocycles. The molecule has 0 radical (unpaired) electrons. The maximum Gasteiger partial charge on any atom is 0.162 e. The smallest absolute Gasteiger partial charge is 0.162 e.